The van der Waals surface area contributed by atoms with Gasteiger partial charge in [0.25, 0.3) is 0 Å². The topological polar surface area (TPSA) is 26.3 Å². The molecular formula is C15H29BrO2. The van der Waals surface area contributed by atoms with Crippen LogP contribution in [-0.2, 0) is 9.53 Å². The maximum Gasteiger partial charge on any atom is 0.306 e. The Balaban J connectivity index is 3.17. The Kier molecular flexibility index (Phi) is 13.3. The van der Waals surface area contributed by atoms with Gasteiger partial charge < -0.3 is 4.74 Å². The molecule has 0 aromatic heterocycles. The lowest BCUT2D eigenvalue weighted by Crippen LogP contribution is -2.13. The molecule has 0 bridgehead atoms. The van der Waals surface area contributed by atoms with Crippen molar-refractivity contribution in [1.82, 2.24) is 0 Å². The van der Waals surface area contributed by atoms with E-state index in [1.54, 1.807) is 0 Å². The Bertz CT molecular complexity index is 195. The first-order valence-corrected chi connectivity index (χ1v) is 8.58. The van der Waals surface area contributed by atoms with Crippen LogP contribution < -0.4 is 0 Å². The van der Waals surface area contributed by atoms with Crippen molar-refractivity contribution in [2.24, 2.45) is 0 Å². The van der Waals surface area contributed by atoms with Crippen LogP contribution in [0, 0.1) is 0 Å². The van der Waals surface area contributed by atoms with Crippen molar-refractivity contribution in [3.63, 3.8) is 0 Å². The van der Waals surface area contributed by atoms with E-state index >= 15 is 0 Å². The van der Waals surface area contributed by atoms with Gasteiger partial charge in [0.2, 0.25) is 0 Å². The summed E-state index contributed by atoms with van der Waals surface area (Å²) in [4.78, 5) is 11.4. The molecule has 0 spiro atoms. The standard InChI is InChI=1S/C15H29BrO2/c1-3-14(2)18-15(17)12-10-8-6-4-5-7-9-11-13-16/h14H,3-13H2,1-2H3. The molecule has 0 heterocycles. The highest BCUT2D eigenvalue weighted by Crippen LogP contribution is 2.11. The van der Waals surface area contributed by atoms with Crippen molar-refractivity contribution >= 4 is 21.9 Å². The maximum atomic E-state index is 11.4. The molecule has 0 N–H and O–H groups in total. The Hall–Kier alpha value is -0.0500. The molecule has 0 saturated carbocycles. The van der Waals surface area contributed by atoms with Gasteiger partial charge in [-0.05, 0) is 26.2 Å². The second-order valence-electron chi connectivity index (χ2n) is 4.98. The Morgan fingerprint density at radius 3 is 2.00 bits per heavy atom. The number of rotatable bonds is 12. The molecule has 0 fully saturated rings. The average Bonchev–Trinajstić information content (AvgIpc) is 2.36. The summed E-state index contributed by atoms with van der Waals surface area (Å²) >= 11 is 3.44. The van der Waals surface area contributed by atoms with E-state index in [2.05, 4.69) is 15.9 Å². The zero-order chi connectivity index (χ0) is 13.6. The molecule has 0 aliphatic heterocycles. The van der Waals surface area contributed by atoms with Crippen molar-refractivity contribution in [2.75, 3.05) is 5.33 Å². The summed E-state index contributed by atoms with van der Waals surface area (Å²) < 4.78 is 5.23. The lowest BCUT2D eigenvalue weighted by molar-refractivity contribution is -0.148. The molecule has 2 nitrogen and oxygen atoms in total. The molecule has 0 saturated heterocycles. The van der Waals surface area contributed by atoms with Crippen molar-refractivity contribution in [2.45, 2.75) is 84.2 Å². The number of esters is 1. The summed E-state index contributed by atoms with van der Waals surface area (Å²) in [7, 11) is 0. The highest BCUT2D eigenvalue weighted by molar-refractivity contribution is 9.09. The van der Waals surface area contributed by atoms with Crippen LogP contribution in [0.3, 0.4) is 0 Å². The van der Waals surface area contributed by atoms with Gasteiger partial charge in [-0.3, -0.25) is 4.79 Å². The summed E-state index contributed by atoms with van der Waals surface area (Å²) in [6.45, 7) is 3.98. The molecule has 1 atom stereocenters. The number of hydrogen-bond acceptors (Lipinski definition) is 2. The number of hydrogen-bond donors (Lipinski definition) is 0. The first-order chi connectivity index (χ1) is 8.70. The maximum absolute atomic E-state index is 11.4. The monoisotopic (exact) mass is 320 g/mol. The van der Waals surface area contributed by atoms with Crippen LogP contribution in [-0.4, -0.2) is 17.4 Å². The summed E-state index contributed by atoms with van der Waals surface area (Å²) in [6, 6.07) is 0. The van der Waals surface area contributed by atoms with Crippen LogP contribution in [0.15, 0.2) is 0 Å². The minimum atomic E-state index is -0.0262. The largest absolute Gasteiger partial charge is 0.463 e. The molecule has 0 aliphatic carbocycles. The Morgan fingerprint density at radius 2 is 1.50 bits per heavy atom. The second kappa shape index (κ2) is 13.4. The van der Waals surface area contributed by atoms with Gasteiger partial charge in [-0.2, -0.15) is 0 Å². The Labute approximate surface area is 121 Å². The minimum absolute atomic E-state index is 0.0262. The van der Waals surface area contributed by atoms with E-state index < -0.39 is 0 Å². The lowest BCUT2D eigenvalue weighted by atomic mass is 10.1. The third-order valence-corrected chi connectivity index (χ3v) is 3.73. The second-order valence-corrected chi connectivity index (χ2v) is 5.77. The molecule has 0 rings (SSSR count). The number of carbonyl (C=O) groups excluding carboxylic acids is 1. The summed E-state index contributed by atoms with van der Waals surface area (Å²) in [6.07, 6.45) is 11.6. The van der Waals surface area contributed by atoms with Crippen molar-refractivity contribution < 1.29 is 9.53 Å². The van der Waals surface area contributed by atoms with E-state index in [0.717, 1.165) is 24.6 Å². The molecule has 0 aromatic rings. The van der Waals surface area contributed by atoms with Crippen molar-refractivity contribution in [3.8, 4) is 0 Å². The van der Waals surface area contributed by atoms with Crippen LogP contribution in [0.2, 0.25) is 0 Å². The van der Waals surface area contributed by atoms with E-state index in [1.165, 1.54) is 38.5 Å². The van der Waals surface area contributed by atoms with E-state index in [4.69, 9.17) is 4.74 Å². The van der Waals surface area contributed by atoms with E-state index in [0.29, 0.717) is 6.42 Å². The smallest absolute Gasteiger partial charge is 0.306 e. The molecule has 1 unspecified atom stereocenters. The number of halogens is 1. The molecule has 108 valence electrons. The fourth-order valence-corrected chi connectivity index (χ4v) is 2.19. The molecule has 0 aromatic carbocycles. The molecule has 0 amide bonds. The zero-order valence-electron chi connectivity index (χ0n) is 12.0. The lowest BCUT2D eigenvalue weighted by Gasteiger charge is -2.10. The molecule has 3 heteroatoms. The highest BCUT2D eigenvalue weighted by atomic mass is 79.9. The normalized spacial score (nSPS) is 12.4. The third-order valence-electron chi connectivity index (χ3n) is 3.17. The van der Waals surface area contributed by atoms with E-state index in [9.17, 15) is 4.79 Å². The number of ether oxygens (including phenoxy) is 1. The van der Waals surface area contributed by atoms with Gasteiger partial charge in [0, 0.05) is 11.8 Å². The fourth-order valence-electron chi connectivity index (χ4n) is 1.79. The van der Waals surface area contributed by atoms with E-state index in [1.807, 2.05) is 13.8 Å². The third kappa shape index (κ3) is 12.4. The van der Waals surface area contributed by atoms with Gasteiger partial charge in [0.15, 0.2) is 0 Å². The Morgan fingerprint density at radius 1 is 1.00 bits per heavy atom. The van der Waals surface area contributed by atoms with Crippen LogP contribution in [0.4, 0.5) is 0 Å². The van der Waals surface area contributed by atoms with Gasteiger partial charge in [-0.15, -0.1) is 0 Å². The quantitative estimate of drug-likeness (QED) is 0.279. The van der Waals surface area contributed by atoms with Crippen molar-refractivity contribution in [3.05, 3.63) is 0 Å². The summed E-state index contributed by atoms with van der Waals surface area (Å²) in [5, 5.41) is 1.13. The molecule has 0 radical (unpaired) electrons. The first-order valence-electron chi connectivity index (χ1n) is 7.46. The van der Waals surface area contributed by atoms with Crippen LogP contribution in [0.1, 0.15) is 78.1 Å². The number of unbranched alkanes of at least 4 members (excludes halogenated alkanes) is 7. The van der Waals surface area contributed by atoms with Crippen LogP contribution in [0.5, 0.6) is 0 Å². The SMILES string of the molecule is CCC(C)OC(=O)CCCCCCCCCCBr. The van der Waals surface area contributed by atoms with Gasteiger partial charge in [-0.1, -0.05) is 61.4 Å². The number of carbonyl (C=O) groups is 1. The minimum Gasteiger partial charge on any atom is -0.463 e. The number of alkyl halides is 1. The van der Waals surface area contributed by atoms with Gasteiger partial charge in [-0.25, -0.2) is 0 Å². The van der Waals surface area contributed by atoms with Gasteiger partial charge in [0.1, 0.15) is 0 Å². The van der Waals surface area contributed by atoms with Crippen LogP contribution in [0.25, 0.3) is 0 Å². The van der Waals surface area contributed by atoms with Crippen LogP contribution >= 0.6 is 15.9 Å². The molecular weight excluding hydrogens is 292 g/mol. The fraction of sp³-hybridized carbons (Fsp3) is 0.933. The predicted octanol–water partition coefficient (Wildman–Crippen LogP) is 5.23. The predicted molar refractivity (Wildman–Crippen MR) is 81.2 cm³/mol. The first kappa shape index (κ1) is 17.9. The van der Waals surface area contributed by atoms with E-state index in [-0.39, 0.29) is 12.1 Å². The molecule has 18 heavy (non-hydrogen) atoms. The van der Waals surface area contributed by atoms with Gasteiger partial charge >= 0.3 is 5.97 Å². The average molecular weight is 321 g/mol. The molecule has 0 aliphatic rings. The zero-order valence-corrected chi connectivity index (χ0v) is 13.6. The summed E-state index contributed by atoms with van der Waals surface area (Å²) in [5.74, 6) is -0.0262. The highest BCUT2D eigenvalue weighted by Gasteiger charge is 2.06. The summed E-state index contributed by atoms with van der Waals surface area (Å²) in [5.41, 5.74) is 0. The van der Waals surface area contributed by atoms with Gasteiger partial charge in [0.05, 0.1) is 6.10 Å². The van der Waals surface area contributed by atoms with Crippen molar-refractivity contribution in [1.29, 1.82) is 0 Å².